The van der Waals surface area contributed by atoms with Gasteiger partial charge in [0, 0.05) is 54.5 Å². The van der Waals surface area contributed by atoms with Crippen LogP contribution in [0.25, 0.3) is 10.9 Å². The van der Waals surface area contributed by atoms with Crippen molar-refractivity contribution in [2.45, 2.75) is 104 Å². The summed E-state index contributed by atoms with van der Waals surface area (Å²) in [5.74, 6) is -2.99. The van der Waals surface area contributed by atoms with Crippen molar-refractivity contribution in [1.82, 2.24) is 41.6 Å². The fourth-order valence-electron chi connectivity index (χ4n) is 6.99. The Balaban J connectivity index is 1.55. The number of amides is 6. The van der Waals surface area contributed by atoms with Gasteiger partial charge in [0.2, 0.25) is 29.5 Å². The Hall–Kier alpha value is -6.19. The Morgan fingerprint density at radius 2 is 1.47 bits per heavy atom. The molecule has 322 valence electrons. The Morgan fingerprint density at radius 3 is 2.12 bits per heavy atom. The maximum Gasteiger partial charge on any atom is 0.276 e. The van der Waals surface area contributed by atoms with Crippen molar-refractivity contribution >= 4 is 46.3 Å². The van der Waals surface area contributed by atoms with E-state index >= 15 is 0 Å². The zero-order chi connectivity index (χ0) is 43.7. The van der Waals surface area contributed by atoms with Crippen LogP contribution in [-0.4, -0.2) is 101 Å². The largest absolute Gasteiger partial charge is 0.497 e. The van der Waals surface area contributed by atoms with E-state index in [-0.39, 0.29) is 49.3 Å². The molecule has 0 radical (unpaired) electrons. The Labute approximate surface area is 350 Å². The topological polar surface area (TPSA) is 217 Å². The number of fused-ring (bicyclic) bond motifs is 1. The van der Waals surface area contributed by atoms with Crippen LogP contribution in [0.15, 0.2) is 65.3 Å². The number of nitrogens with zero attached hydrogens (tertiary/aromatic N) is 2. The minimum absolute atomic E-state index is 0.0263. The van der Waals surface area contributed by atoms with Crippen LogP contribution in [0.3, 0.4) is 0 Å². The summed E-state index contributed by atoms with van der Waals surface area (Å²) < 4.78 is 10.7. The average molecular weight is 827 g/mol. The van der Waals surface area contributed by atoms with Gasteiger partial charge in [-0.3, -0.25) is 28.8 Å². The molecule has 1 aliphatic rings. The third-order valence-electron chi connectivity index (χ3n) is 10.6. The first-order valence-corrected chi connectivity index (χ1v) is 20.5. The molecule has 2 aromatic carbocycles. The molecule has 16 nitrogen and oxygen atoms in total. The molecule has 0 unspecified atom stereocenters. The normalized spacial score (nSPS) is 21.6. The number of nitrogens with one attached hydrogen (secondary N) is 6. The lowest BCUT2D eigenvalue weighted by Crippen LogP contribution is -2.60. The lowest BCUT2D eigenvalue weighted by molar-refractivity contribution is -0.135. The SMILES string of the molecule is COc1ccc(C[C@@H]2NC(=O)[C@H](CC(C)C)NC(=O)[C@@H](Cc3c[nH]c4ccccc34)NC(=O)CN(C(=O)c3cc(C(C)C)on3)C[C@H](C(C)C)NC(=O)[C@@H](C)NC2=O)cc1. The molecule has 16 heteroatoms. The summed E-state index contributed by atoms with van der Waals surface area (Å²) in [5.41, 5.74) is 2.25. The lowest BCUT2D eigenvalue weighted by atomic mass is 9.99. The Morgan fingerprint density at radius 1 is 0.817 bits per heavy atom. The molecular weight excluding hydrogens is 769 g/mol. The zero-order valence-corrected chi connectivity index (χ0v) is 35.6. The molecular formula is C44H58N8O8. The van der Waals surface area contributed by atoms with Crippen LogP contribution in [0.5, 0.6) is 5.75 Å². The molecule has 5 atom stereocenters. The van der Waals surface area contributed by atoms with E-state index in [2.05, 4.69) is 36.7 Å². The molecule has 5 rings (SSSR count). The number of carbonyl (C=O) groups is 6. The van der Waals surface area contributed by atoms with Crippen molar-refractivity contribution in [2.24, 2.45) is 11.8 Å². The number of ether oxygens (including phenoxy) is 1. The van der Waals surface area contributed by atoms with E-state index < -0.39 is 72.2 Å². The standard InChI is InChI=1S/C44H58N8O8/c1-24(2)17-33-42(56)49-34(18-28-13-15-30(59-8)16-14-28)41(55)46-27(7)40(54)50-37(25(3)4)22-52(44(58)36-20-38(26(5)6)60-51-36)23-39(53)47-35(43(57)48-33)19-29-21-45-32-12-10-9-11-31(29)32/h9-16,20-21,24-27,33-35,37,45H,17-19,22-23H2,1-8H3,(H,46,55)(H,47,53)(H,48,57)(H,49,56)(H,50,54)/t27-,33+,34+,35-,37-/m1/s1. The van der Waals surface area contributed by atoms with E-state index in [1.54, 1.807) is 37.6 Å². The highest BCUT2D eigenvalue weighted by atomic mass is 16.5. The van der Waals surface area contributed by atoms with Crippen LogP contribution in [0, 0.1) is 11.8 Å². The molecule has 0 bridgehead atoms. The number of methoxy groups -OCH3 is 1. The van der Waals surface area contributed by atoms with Crippen molar-refractivity contribution in [3.8, 4) is 5.75 Å². The first kappa shape index (κ1) is 44.9. The minimum atomic E-state index is -1.20. The lowest BCUT2D eigenvalue weighted by Gasteiger charge is -2.32. The number of rotatable bonds is 10. The summed E-state index contributed by atoms with van der Waals surface area (Å²) in [4.78, 5) is 89.1. The molecule has 6 amide bonds. The highest BCUT2D eigenvalue weighted by molar-refractivity contribution is 5.98. The van der Waals surface area contributed by atoms with Gasteiger partial charge in [0.25, 0.3) is 5.91 Å². The van der Waals surface area contributed by atoms with Gasteiger partial charge in [-0.05, 0) is 54.5 Å². The molecule has 0 saturated carbocycles. The molecule has 2 aromatic heterocycles. The first-order valence-electron chi connectivity index (χ1n) is 20.5. The fourth-order valence-corrected chi connectivity index (χ4v) is 6.99. The summed E-state index contributed by atoms with van der Waals surface area (Å²) in [5, 5.41) is 19.1. The molecule has 1 saturated heterocycles. The van der Waals surface area contributed by atoms with Crippen LogP contribution in [-0.2, 0) is 36.8 Å². The van der Waals surface area contributed by atoms with Crippen LogP contribution in [0.2, 0.25) is 0 Å². The van der Waals surface area contributed by atoms with Gasteiger partial charge in [0.15, 0.2) is 5.69 Å². The van der Waals surface area contributed by atoms with Crippen LogP contribution in [0.1, 0.15) is 88.2 Å². The van der Waals surface area contributed by atoms with Gasteiger partial charge < -0.3 is 45.7 Å². The summed E-state index contributed by atoms with van der Waals surface area (Å²) in [6.07, 6.45) is 2.07. The number of H-pyrrole nitrogens is 1. The van der Waals surface area contributed by atoms with E-state index in [1.807, 2.05) is 65.8 Å². The van der Waals surface area contributed by atoms with Gasteiger partial charge in [-0.15, -0.1) is 0 Å². The number of aromatic nitrogens is 2. The maximum atomic E-state index is 14.4. The van der Waals surface area contributed by atoms with Gasteiger partial charge in [-0.25, -0.2) is 0 Å². The Bertz CT molecular complexity index is 2140. The quantitative estimate of drug-likeness (QED) is 0.138. The van der Waals surface area contributed by atoms with Crippen molar-refractivity contribution in [1.29, 1.82) is 0 Å². The highest BCUT2D eigenvalue weighted by Crippen LogP contribution is 2.21. The molecule has 60 heavy (non-hydrogen) atoms. The third kappa shape index (κ3) is 11.7. The van der Waals surface area contributed by atoms with Crippen LogP contribution in [0.4, 0.5) is 0 Å². The molecule has 1 aliphatic heterocycles. The Kier molecular flexibility index (Phi) is 15.1. The predicted molar refractivity (Wildman–Crippen MR) is 225 cm³/mol. The first-order chi connectivity index (χ1) is 28.5. The second-order valence-electron chi connectivity index (χ2n) is 16.5. The van der Waals surface area contributed by atoms with Crippen LogP contribution >= 0.6 is 0 Å². The number of aromatic amines is 1. The summed E-state index contributed by atoms with van der Waals surface area (Å²) in [7, 11) is 1.54. The summed E-state index contributed by atoms with van der Waals surface area (Å²) >= 11 is 0. The van der Waals surface area contributed by atoms with Crippen molar-refractivity contribution in [2.75, 3.05) is 20.2 Å². The number of para-hydroxylation sites is 1. The second-order valence-corrected chi connectivity index (χ2v) is 16.5. The van der Waals surface area contributed by atoms with E-state index in [0.29, 0.717) is 17.1 Å². The maximum absolute atomic E-state index is 14.4. The van der Waals surface area contributed by atoms with Gasteiger partial charge in [0.1, 0.15) is 35.7 Å². The van der Waals surface area contributed by atoms with Crippen molar-refractivity contribution in [3.05, 3.63) is 83.4 Å². The third-order valence-corrected chi connectivity index (χ3v) is 10.6. The van der Waals surface area contributed by atoms with Crippen molar-refractivity contribution in [3.63, 3.8) is 0 Å². The van der Waals surface area contributed by atoms with E-state index in [9.17, 15) is 28.8 Å². The predicted octanol–water partition coefficient (Wildman–Crippen LogP) is 3.38. The summed E-state index contributed by atoms with van der Waals surface area (Å²) in [6, 6.07) is 10.9. The molecule has 0 aliphatic carbocycles. The fraction of sp³-hybridized carbons (Fsp3) is 0.477. The number of hydrogen-bond donors (Lipinski definition) is 6. The van der Waals surface area contributed by atoms with Crippen LogP contribution < -0.4 is 31.3 Å². The number of benzene rings is 2. The van der Waals surface area contributed by atoms with E-state index in [0.717, 1.165) is 16.5 Å². The van der Waals surface area contributed by atoms with E-state index in [1.165, 1.54) is 17.9 Å². The second kappa shape index (κ2) is 20.2. The number of carbonyl (C=O) groups excluding carboxylic acids is 6. The van der Waals surface area contributed by atoms with Gasteiger partial charge >= 0.3 is 0 Å². The van der Waals surface area contributed by atoms with E-state index in [4.69, 9.17) is 9.26 Å². The van der Waals surface area contributed by atoms with Gasteiger partial charge in [-0.2, -0.15) is 0 Å². The van der Waals surface area contributed by atoms with Gasteiger partial charge in [-0.1, -0.05) is 77.0 Å². The smallest absolute Gasteiger partial charge is 0.276 e. The highest BCUT2D eigenvalue weighted by Gasteiger charge is 2.34. The zero-order valence-electron chi connectivity index (χ0n) is 35.6. The van der Waals surface area contributed by atoms with Crippen molar-refractivity contribution < 1.29 is 38.0 Å². The average Bonchev–Trinajstić information content (AvgIpc) is 3.87. The molecule has 4 aromatic rings. The molecule has 6 N–H and O–H groups in total. The monoisotopic (exact) mass is 826 g/mol. The number of hydrogen-bond acceptors (Lipinski definition) is 9. The molecule has 0 spiro atoms. The van der Waals surface area contributed by atoms with Gasteiger partial charge in [0.05, 0.1) is 13.7 Å². The molecule has 3 heterocycles. The minimum Gasteiger partial charge on any atom is -0.497 e. The summed E-state index contributed by atoms with van der Waals surface area (Å²) in [6.45, 7) is 12.2. The molecule has 1 fully saturated rings.